The van der Waals surface area contributed by atoms with Gasteiger partial charge in [0.25, 0.3) is 0 Å². The minimum atomic E-state index is -2.42. The van der Waals surface area contributed by atoms with Crippen LogP contribution in [0.4, 0.5) is 0 Å². The molecule has 0 amide bonds. The molecule has 9 heavy (non-hydrogen) atoms. The Morgan fingerprint density at radius 2 is 1.78 bits per heavy atom. The molecule has 56 valence electrons. The molecule has 0 aliphatic carbocycles. The van der Waals surface area contributed by atoms with Crippen molar-refractivity contribution in [3.63, 3.8) is 0 Å². The fourth-order valence-electron chi connectivity index (χ4n) is 0.612. The summed E-state index contributed by atoms with van der Waals surface area (Å²) in [5, 5.41) is 0. The van der Waals surface area contributed by atoms with Gasteiger partial charge in [0.2, 0.25) is 0 Å². The van der Waals surface area contributed by atoms with Crippen LogP contribution in [0.1, 0.15) is 26.7 Å². The van der Waals surface area contributed by atoms with Gasteiger partial charge in [-0.3, -0.25) is 0 Å². The molecule has 0 saturated carbocycles. The van der Waals surface area contributed by atoms with Gasteiger partial charge < -0.3 is 0 Å². The van der Waals surface area contributed by atoms with Crippen LogP contribution in [0, 0.1) is 0 Å². The van der Waals surface area contributed by atoms with Crippen molar-refractivity contribution in [2.75, 3.05) is 0 Å². The van der Waals surface area contributed by atoms with Gasteiger partial charge in [0.05, 0.1) is 0 Å². The van der Waals surface area contributed by atoms with Crippen molar-refractivity contribution in [3.8, 4) is 0 Å². The standard InChI is InChI=1S/C4H9.C2H5.2ClH.Sn/c1-3-4-2;1-2;;;/h1,3-4H2,2H3;1H2,2H3;2*1H;/q;;;;+2/p-2. The fraction of sp³-hybridized carbons (Fsp3) is 1.00. The number of hydrogen-bond donors (Lipinski definition) is 0. The second-order valence-electron chi connectivity index (χ2n) is 2.31. The molecular weight excluding hydrogens is 262 g/mol. The van der Waals surface area contributed by atoms with E-state index in [1.807, 2.05) is 0 Å². The summed E-state index contributed by atoms with van der Waals surface area (Å²) in [7, 11) is 12.1. The zero-order valence-electron chi connectivity index (χ0n) is 6.08. The molecule has 0 bridgehead atoms. The Morgan fingerprint density at radius 1 is 1.22 bits per heavy atom. The fourth-order valence-corrected chi connectivity index (χ4v) is 5.90. The maximum atomic E-state index is 6.07. The molecule has 0 aromatic carbocycles. The number of rotatable bonds is 4. The van der Waals surface area contributed by atoms with Crippen molar-refractivity contribution in [2.45, 2.75) is 35.6 Å². The molecule has 0 fully saturated rings. The van der Waals surface area contributed by atoms with Crippen molar-refractivity contribution < 1.29 is 0 Å². The van der Waals surface area contributed by atoms with Gasteiger partial charge in [0.15, 0.2) is 0 Å². The Morgan fingerprint density at radius 3 is 2.11 bits per heavy atom. The van der Waals surface area contributed by atoms with Crippen LogP contribution in [0.15, 0.2) is 0 Å². The zero-order valence-corrected chi connectivity index (χ0v) is 10.5. The van der Waals surface area contributed by atoms with E-state index in [1.54, 1.807) is 0 Å². The first-order valence-corrected chi connectivity index (χ1v) is 14.8. The summed E-state index contributed by atoms with van der Waals surface area (Å²) in [4.78, 5) is 0. The summed E-state index contributed by atoms with van der Waals surface area (Å²) in [5.74, 6) is 0. The molecule has 0 rings (SSSR count). The van der Waals surface area contributed by atoms with Crippen LogP contribution in [0.2, 0.25) is 8.87 Å². The van der Waals surface area contributed by atoms with Crippen LogP contribution in [0.25, 0.3) is 0 Å². The summed E-state index contributed by atoms with van der Waals surface area (Å²) in [6, 6.07) is 0. The van der Waals surface area contributed by atoms with E-state index in [0.29, 0.717) is 0 Å². The van der Waals surface area contributed by atoms with E-state index < -0.39 is 16.1 Å². The second-order valence-corrected chi connectivity index (χ2v) is 21.6. The molecule has 0 aliphatic rings. The van der Waals surface area contributed by atoms with Gasteiger partial charge in [-0.15, -0.1) is 0 Å². The van der Waals surface area contributed by atoms with Crippen molar-refractivity contribution >= 4 is 34.0 Å². The average Bonchev–Trinajstić information content (AvgIpc) is 1.84. The zero-order chi connectivity index (χ0) is 7.33. The first-order chi connectivity index (χ1) is 4.12. The van der Waals surface area contributed by atoms with Crippen LogP contribution < -0.4 is 0 Å². The van der Waals surface area contributed by atoms with Gasteiger partial charge in [0, 0.05) is 0 Å². The van der Waals surface area contributed by atoms with E-state index >= 15 is 0 Å². The number of unbranched alkanes of at least 4 members (excludes halogenated alkanes) is 1. The quantitative estimate of drug-likeness (QED) is 0.686. The molecule has 0 nitrogen and oxygen atoms in total. The van der Waals surface area contributed by atoms with E-state index in [4.69, 9.17) is 17.8 Å². The monoisotopic (exact) mass is 276 g/mol. The Labute approximate surface area is 69.2 Å². The van der Waals surface area contributed by atoms with Crippen molar-refractivity contribution in [1.29, 1.82) is 0 Å². The van der Waals surface area contributed by atoms with Gasteiger partial charge in [-0.05, 0) is 0 Å². The Kier molecular flexibility index (Phi) is 5.86. The van der Waals surface area contributed by atoms with E-state index in [-0.39, 0.29) is 0 Å². The van der Waals surface area contributed by atoms with Gasteiger partial charge in [-0.2, -0.15) is 0 Å². The third kappa shape index (κ3) is 5.81. The topological polar surface area (TPSA) is 0 Å². The molecule has 0 saturated heterocycles. The predicted octanol–water partition coefficient (Wildman–Crippen LogP) is 3.73. The molecule has 0 N–H and O–H groups in total. The summed E-state index contributed by atoms with van der Waals surface area (Å²) in [6.07, 6.45) is 2.44. The van der Waals surface area contributed by atoms with Crippen molar-refractivity contribution in [1.82, 2.24) is 0 Å². The number of halogens is 2. The Bertz CT molecular complexity index is 73.5. The molecule has 0 unspecified atom stereocenters. The van der Waals surface area contributed by atoms with Gasteiger partial charge in [0.1, 0.15) is 0 Å². The van der Waals surface area contributed by atoms with E-state index in [1.165, 1.54) is 12.8 Å². The van der Waals surface area contributed by atoms with E-state index in [2.05, 4.69) is 13.8 Å². The molecule has 0 aliphatic heterocycles. The van der Waals surface area contributed by atoms with Gasteiger partial charge >= 0.3 is 69.5 Å². The summed E-state index contributed by atoms with van der Waals surface area (Å²) in [5.41, 5.74) is 0. The summed E-state index contributed by atoms with van der Waals surface area (Å²) in [6.45, 7) is 4.27. The second kappa shape index (κ2) is 5.09. The van der Waals surface area contributed by atoms with Crippen LogP contribution in [-0.4, -0.2) is 16.1 Å². The molecule has 0 spiro atoms. The molecular formula is C6H14Cl2Sn. The molecule has 3 heteroatoms. The molecule has 0 aromatic rings. The first-order valence-electron chi connectivity index (χ1n) is 3.50. The molecule has 0 radical (unpaired) electrons. The number of hydrogen-bond acceptors (Lipinski definition) is 0. The van der Waals surface area contributed by atoms with Crippen LogP contribution >= 0.6 is 17.8 Å². The van der Waals surface area contributed by atoms with Crippen LogP contribution in [0.5, 0.6) is 0 Å². The third-order valence-electron chi connectivity index (χ3n) is 1.41. The molecule has 0 aromatic heterocycles. The SMILES string of the molecule is CCC[CH2][Sn]([Cl])([Cl])[CH2]C. The van der Waals surface area contributed by atoms with Crippen molar-refractivity contribution in [3.05, 3.63) is 0 Å². The van der Waals surface area contributed by atoms with Gasteiger partial charge in [-0.25, -0.2) is 0 Å². The van der Waals surface area contributed by atoms with Crippen LogP contribution in [-0.2, 0) is 0 Å². The Hall–Kier alpha value is 1.38. The van der Waals surface area contributed by atoms with Crippen LogP contribution in [0.3, 0.4) is 0 Å². The Balaban J connectivity index is 3.33. The molecule has 0 heterocycles. The minimum absolute atomic E-state index is 1.05. The average molecular weight is 276 g/mol. The maximum absolute atomic E-state index is 6.07. The normalized spacial score (nSPS) is 12.0. The first kappa shape index (κ1) is 10.4. The van der Waals surface area contributed by atoms with Gasteiger partial charge in [-0.1, -0.05) is 0 Å². The summed E-state index contributed by atoms with van der Waals surface area (Å²) < 4.78 is 2.18. The van der Waals surface area contributed by atoms with Crippen molar-refractivity contribution in [2.24, 2.45) is 0 Å². The van der Waals surface area contributed by atoms with E-state index in [9.17, 15) is 0 Å². The van der Waals surface area contributed by atoms with E-state index in [0.717, 1.165) is 8.87 Å². The molecule has 0 atom stereocenters. The predicted molar refractivity (Wildman–Crippen MR) is 47.7 cm³/mol. The third-order valence-corrected chi connectivity index (χ3v) is 13.6. The summed E-state index contributed by atoms with van der Waals surface area (Å²) >= 11 is -2.42.